The van der Waals surface area contributed by atoms with Crippen molar-refractivity contribution >= 4 is 16.6 Å². The van der Waals surface area contributed by atoms with E-state index in [1.807, 2.05) is 13.2 Å². The molecule has 4 nitrogen and oxygen atoms in total. The molecule has 1 aliphatic heterocycles. The minimum absolute atomic E-state index is 0.518. The summed E-state index contributed by atoms with van der Waals surface area (Å²) < 4.78 is 5.47. The quantitative estimate of drug-likeness (QED) is 0.937. The van der Waals surface area contributed by atoms with Crippen molar-refractivity contribution in [3.8, 4) is 0 Å². The molecule has 0 aliphatic carbocycles. The second-order valence-corrected chi connectivity index (χ2v) is 5.64. The minimum atomic E-state index is 0.518. The smallest absolute Gasteiger partial charge is 0.136 e. The number of benzene rings is 1. The van der Waals surface area contributed by atoms with E-state index in [0.29, 0.717) is 6.04 Å². The molecule has 0 amide bonds. The zero-order valence-corrected chi connectivity index (χ0v) is 12.8. The summed E-state index contributed by atoms with van der Waals surface area (Å²) in [6.07, 6.45) is 4.15. The molecule has 3 rings (SSSR count). The number of hydrogen-bond donors (Lipinski definition) is 1. The van der Waals surface area contributed by atoms with Crippen molar-refractivity contribution in [3.05, 3.63) is 36.0 Å². The summed E-state index contributed by atoms with van der Waals surface area (Å²) in [5, 5.41) is 5.74. The van der Waals surface area contributed by atoms with Crippen LogP contribution in [0.2, 0.25) is 0 Å². The molecule has 1 saturated heterocycles. The van der Waals surface area contributed by atoms with Crippen molar-refractivity contribution < 1.29 is 4.74 Å². The molecule has 1 fully saturated rings. The van der Waals surface area contributed by atoms with Gasteiger partial charge in [0, 0.05) is 44.4 Å². The van der Waals surface area contributed by atoms with Gasteiger partial charge >= 0.3 is 0 Å². The number of pyridine rings is 1. The van der Waals surface area contributed by atoms with Crippen LogP contribution in [0.3, 0.4) is 0 Å². The van der Waals surface area contributed by atoms with Gasteiger partial charge in [-0.25, -0.2) is 4.98 Å². The lowest BCUT2D eigenvalue weighted by molar-refractivity contribution is 0.0854. The molecule has 0 spiro atoms. The molecule has 0 unspecified atom stereocenters. The summed E-state index contributed by atoms with van der Waals surface area (Å²) >= 11 is 0. The SMILES string of the molecule is CNCc1cnc(N(C)C2CCOCC2)c2ccccc12. The fraction of sp³-hybridized carbons (Fsp3) is 0.471. The van der Waals surface area contributed by atoms with Gasteiger partial charge < -0.3 is 15.0 Å². The highest BCUT2D eigenvalue weighted by atomic mass is 16.5. The largest absolute Gasteiger partial charge is 0.381 e. The van der Waals surface area contributed by atoms with Crippen LogP contribution in [0.5, 0.6) is 0 Å². The second-order valence-electron chi connectivity index (χ2n) is 5.64. The Morgan fingerprint density at radius 3 is 2.67 bits per heavy atom. The number of ether oxygens (including phenoxy) is 1. The van der Waals surface area contributed by atoms with Crippen molar-refractivity contribution in [1.82, 2.24) is 10.3 Å². The Kier molecular flexibility index (Phi) is 4.36. The zero-order valence-electron chi connectivity index (χ0n) is 12.8. The first kappa shape index (κ1) is 14.3. The molecule has 112 valence electrons. The molecule has 0 saturated carbocycles. The van der Waals surface area contributed by atoms with Crippen LogP contribution < -0.4 is 10.2 Å². The molecule has 1 aromatic heterocycles. The van der Waals surface area contributed by atoms with Crippen molar-refractivity contribution in [2.75, 3.05) is 32.2 Å². The Morgan fingerprint density at radius 1 is 1.24 bits per heavy atom. The maximum atomic E-state index is 5.47. The number of nitrogens with one attached hydrogen (secondary N) is 1. The van der Waals surface area contributed by atoms with E-state index in [2.05, 4.69) is 41.5 Å². The highest BCUT2D eigenvalue weighted by Crippen LogP contribution is 2.29. The molecule has 1 aliphatic rings. The van der Waals surface area contributed by atoms with Crippen LogP contribution in [0, 0.1) is 0 Å². The number of fused-ring (bicyclic) bond motifs is 1. The van der Waals surface area contributed by atoms with E-state index in [1.54, 1.807) is 0 Å². The number of anilines is 1. The highest BCUT2D eigenvalue weighted by molar-refractivity contribution is 5.94. The average Bonchev–Trinajstić information content (AvgIpc) is 2.56. The van der Waals surface area contributed by atoms with E-state index < -0.39 is 0 Å². The monoisotopic (exact) mass is 285 g/mol. The third-order valence-electron chi connectivity index (χ3n) is 4.30. The van der Waals surface area contributed by atoms with Crippen molar-refractivity contribution in [2.24, 2.45) is 0 Å². The Labute approximate surface area is 126 Å². The van der Waals surface area contributed by atoms with Gasteiger partial charge in [-0.15, -0.1) is 0 Å². The Balaban J connectivity index is 2.00. The third kappa shape index (κ3) is 2.87. The van der Waals surface area contributed by atoms with Crippen LogP contribution in [0.15, 0.2) is 30.5 Å². The predicted molar refractivity (Wildman–Crippen MR) is 86.8 cm³/mol. The third-order valence-corrected chi connectivity index (χ3v) is 4.30. The van der Waals surface area contributed by atoms with Gasteiger partial charge in [0.25, 0.3) is 0 Å². The summed E-state index contributed by atoms with van der Waals surface area (Å²) in [4.78, 5) is 7.07. The summed E-state index contributed by atoms with van der Waals surface area (Å²) in [5.74, 6) is 1.08. The fourth-order valence-electron chi connectivity index (χ4n) is 3.09. The number of hydrogen-bond acceptors (Lipinski definition) is 4. The molecule has 1 aromatic carbocycles. The Bertz CT molecular complexity index is 608. The van der Waals surface area contributed by atoms with E-state index in [-0.39, 0.29) is 0 Å². The van der Waals surface area contributed by atoms with Gasteiger partial charge in [-0.1, -0.05) is 24.3 Å². The fourth-order valence-corrected chi connectivity index (χ4v) is 3.09. The number of aromatic nitrogens is 1. The van der Waals surface area contributed by atoms with E-state index in [9.17, 15) is 0 Å². The standard InChI is InChI=1S/C17H23N3O/c1-18-11-13-12-19-17(16-6-4-3-5-15(13)16)20(2)14-7-9-21-10-8-14/h3-6,12,14,18H,7-11H2,1-2H3. The van der Waals surface area contributed by atoms with Gasteiger partial charge in [0.2, 0.25) is 0 Å². The van der Waals surface area contributed by atoms with Gasteiger partial charge in [-0.3, -0.25) is 0 Å². The van der Waals surface area contributed by atoms with Gasteiger partial charge in [0.05, 0.1) is 0 Å². The first-order valence-electron chi connectivity index (χ1n) is 7.63. The average molecular weight is 285 g/mol. The molecule has 2 aromatic rings. The molecule has 0 atom stereocenters. The first-order valence-corrected chi connectivity index (χ1v) is 7.63. The highest BCUT2D eigenvalue weighted by Gasteiger charge is 2.21. The minimum Gasteiger partial charge on any atom is -0.381 e. The van der Waals surface area contributed by atoms with Crippen LogP contribution in [0.1, 0.15) is 18.4 Å². The predicted octanol–water partition coefficient (Wildman–Crippen LogP) is 2.57. The van der Waals surface area contributed by atoms with Crippen LogP contribution in [0.25, 0.3) is 10.8 Å². The first-order chi connectivity index (χ1) is 10.3. The van der Waals surface area contributed by atoms with Gasteiger partial charge in [-0.2, -0.15) is 0 Å². The van der Waals surface area contributed by atoms with Crippen LogP contribution in [-0.2, 0) is 11.3 Å². The van der Waals surface area contributed by atoms with Crippen molar-refractivity contribution in [2.45, 2.75) is 25.4 Å². The maximum absolute atomic E-state index is 5.47. The van der Waals surface area contributed by atoms with Crippen molar-refractivity contribution in [1.29, 1.82) is 0 Å². The Hall–Kier alpha value is -1.65. The Morgan fingerprint density at radius 2 is 1.95 bits per heavy atom. The summed E-state index contributed by atoms with van der Waals surface area (Å²) in [7, 11) is 4.12. The lowest BCUT2D eigenvalue weighted by Gasteiger charge is -2.33. The van der Waals surface area contributed by atoms with E-state index in [1.165, 1.54) is 16.3 Å². The lowest BCUT2D eigenvalue weighted by Crippen LogP contribution is -2.37. The van der Waals surface area contributed by atoms with Gasteiger partial charge in [-0.05, 0) is 30.8 Å². The van der Waals surface area contributed by atoms with Crippen molar-refractivity contribution in [3.63, 3.8) is 0 Å². The van der Waals surface area contributed by atoms with Gasteiger partial charge in [0.15, 0.2) is 0 Å². The normalized spacial score (nSPS) is 16.3. The number of nitrogens with zero attached hydrogens (tertiary/aromatic N) is 2. The molecular formula is C17H23N3O. The van der Waals surface area contributed by atoms with E-state index in [4.69, 9.17) is 9.72 Å². The molecule has 0 radical (unpaired) electrons. The van der Waals surface area contributed by atoms with Crippen LogP contribution >= 0.6 is 0 Å². The molecule has 21 heavy (non-hydrogen) atoms. The number of rotatable bonds is 4. The maximum Gasteiger partial charge on any atom is 0.136 e. The summed E-state index contributed by atoms with van der Waals surface area (Å²) in [5.41, 5.74) is 1.25. The molecular weight excluding hydrogens is 262 g/mol. The van der Waals surface area contributed by atoms with Crippen LogP contribution in [-0.4, -0.2) is 38.3 Å². The topological polar surface area (TPSA) is 37.4 Å². The van der Waals surface area contributed by atoms with Gasteiger partial charge in [0.1, 0.15) is 5.82 Å². The molecule has 0 bridgehead atoms. The van der Waals surface area contributed by atoms with E-state index >= 15 is 0 Å². The summed E-state index contributed by atoms with van der Waals surface area (Å²) in [6, 6.07) is 9.07. The molecule has 1 N–H and O–H groups in total. The summed E-state index contributed by atoms with van der Waals surface area (Å²) in [6.45, 7) is 2.55. The molecule has 2 heterocycles. The second kappa shape index (κ2) is 6.41. The molecule has 4 heteroatoms. The zero-order chi connectivity index (χ0) is 14.7. The van der Waals surface area contributed by atoms with Crippen LogP contribution in [0.4, 0.5) is 5.82 Å². The lowest BCUT2D eigenvalue weighted by atomic mass is 10.0. The van der Waals surface area contributed by atoms with E-state index in [0.717, 1.165) is 38.4 Å².